The molecule has 5 heteroatoms. The van der Waals surface area contributed by atoms with Crippen LogP contribution in [0.25, 0.3) is 0 Å². The maximum atomic E-state index is 11.6. The van der Waals surface area contributed by atoms with Gasteiger partial charge in [-0.25, -0.2) is 0 Å². The van der Waals surface area contributed by atoms with E-state index >= 15 is 0 Å². The van der Waals surface area contributed by atoms with Crippen molar-refractivity contribution in [3.8, 4) is 5.75 Å². The Bertz CT molecular complexity index is 433. The Balaban J connectivity index is 2.65. The Labute approximate surface area is 106 Å². The largest absolute Gasteiger partial charge is 0.488 e. The van der Waals surface area contributed by atoms with Crippen molar-refractivity contribution < 1.29 is 14.3 Å². The highest BCUT2D eigenvalue weighted by Gasteiger charge is 2.12. The number of carbonyl (C=O) groups excluding carboxylic acids is 2. The van der Waals surface area contributed by atoms with Crippen LogP contribution in [0.4, 0.5) is 0 Å². The van der Waals surface area contributed by atoms with Gasteiger partial charge in [-0.2, -0.15) is 0 Å². The molecule has 1 aromatic carbocycles. The van der Waals surface area contributed by atoms with Gasteiger partial charge in [-0.05, 0) is 45.0 Å². The molecule has 0 unspecified atom stereocenters. The van der Waals surface area contributed by atoms with E-state index in [1.165, 1.54) is 0 Å². The van der Waals surface area contributed by atoms with Crippen LogP contribution in [0.15, 0.2) is 24.3 Å². The van der Waals surface area contributed by atoms with Gasteiger partial charge in [0.15, 0.2) is 0 Å². The molecule has 0 aliphatic heterocycles. The van der Waals surface area contributed by atoms with Gasteiger partial charge in [0.25, 0.3) is 5.91 Å². The quantitative estimate of drug-likeness (QED) is 0.839. The van der Waals surface area contributed by atoms with E-state index in [0.29, 0.717) is 11.3 Å². The van der Waals surface area contributed by atoms with Crippen LogP contribution in [0.5, 0.6) is 5.75 Å². The first kappa shape index (κ1) is 14.0. The highest BCUT2D eigenvalue weighted by atomic mass is 16.5. The maximum absolute atomic E-state index is 11.6. The van der Waals surface area contributed by atoms with Crippen molar-refractivity contribution in [1.82, 2.24) is 5.32 Å². The van der Waals surface area contributed by atoms with Crippen LogP contribution in [-0.4, -0.2) is 24.0 Å². The number of amides is 2. The summed E-state index contributed by atoms with van der Waals surface area (Å²) in [6.45, 7) is 5.67. The molecular weight excluding hydrogens is 232 g/mol. The Kier molecular flexibility index (Phi) is 4.31. The number of hydrogen-bond donors (Lipinski definition) is 2. The molecule has 1 rings (SSSR count). The third-order valence-corrected chi connectivity index (χ3v) is 1.96. The van der Waals surface area contributed by atoms with E-state index in [9.17, 15) is 9.59 Å². The molecule has 1 aromatic rings. The first-order valence-electron chi connectivity index (χ1n) is 5.63. The van der Waals surface area contributed by atoms with Gasteiger partial charge in [-0.3, -0.25) is 9.59 Å². The normalized spacial score (nSPS) is 10.8. The van der Waals surface area contributed by atoms with Gasteiger partial charge < -0.3 is 15.8 Å². The topological polar surface area (TPSA) is 81.4 Å². The SMILES string of the molecule is CC(C)(C)Oc1ccc(C(=O)NCC(N)=O)cc1. The molecule has 0 heterocycles. The molecule has 0 bridgehead atoms. The van der Waals surface area contributed by atoms with Crippen LogP contribution >= 0.6 is 0 Å². The summed E-state index contributed by atoms with van der Waals surface area (Å²) in [6, 6.07) is 6.70. The third kappa shape index (κ3) is 4.86. The van der Waals surface area contributed by atoms with Gasteiger partial charge in [0.05, 0.1) is 6.54 Å². The Hall–Kier alpha value is -2.04. The number of nitrogens with two attached hydrogens (primary N) is 1. The molecule has 0 radical (unpaired) electrons. The minimum absolute atomic E-state index is 0.168. The number of benzene rings is 1. The fraction of sp³-hybridized carbons (Fsp3) is 0.385. The molecule has 98 valence electrons. The van der Waals surface area contributed by atoms with E-state index < -0.39 is 5.91 Å². The number of nitrogens with one attached hydrogen (secondary N) is 1. The van der Waals surface area contributed by atoms with Crippen molar-refractivity contribution in [2.45, 2.75) is 26.4 Å². The average molecular weight is 250 g/mol. The Morgan fingerprint density at radius 1 is 1.22 bits per heavy atom. The lowest BCUT2D eigenvalue weighted by Gasteiger charge is -2.21. The van der Waals surface area contributed by atoms with Crippen molar-refractivity contribution in [2.75, 3.05) is 6.54 Å². The summed E-state index contributed by atoms with van der Waals surface area (Å²) in [5.74, 6) is -0.221. The molecule has 0 aromatic heterocycles. The maximum Gasteiger partial charge on any atom is 0.251 e. The summed E-state index contributed by atoms with van der Waals surface area (Å²) in [7, 11) is 0. The van der Waals surface area contributed by atoms with E-state index in [1.807, 2.05) is 20.8 Å². The molecule has 0 aliphatic carbocycles. The molecule has 2 amide bonds. The van der Waals surface area contributed by atoms with Crippen molar-refractivity contribution in [1.29, 1.82) is 0 Å². The van der Waals surface area contributed by atoms with Crippen molar-refractivity contribution in [3.05, 3.63) is 29.8 Å². The van der Waals surface area contributed by atoms with Gasteiger partial charge in [-0.1, -0.05) is 0 Å². The Morgan fingerprint density at radius 2 is 1.78 bits per heavy atom. The number of ether oxygens (including phenoxy) is 1. The zero-order valence-corrected chi connectivity index (χ0v) is 10.8. The summed E-state index contributed by atoms with van der Waals surface area (Å²) < 4.78 is 5.63. The van der Waals surface area contributed by atoms with E-state index in [4.69, 9.17) is 10.5 Å². The second-order valence-electron chi connectivity index (χ2n) is 4.89. The first-order chi connectivity index (χ1) is 8.28. The molecule has 0 saturated carbocycles. The Morgan fingerprint density at radius 3 is 2.22 bits per heavy atom. The van der Waals surface area contributed by atoms with Crippen molar-refractivity contribution in [2.24, 2.45) is 5.73 Å². The number of hydrogen-bond acceptors (Lipinski definition) is 3. The first-order valence-corrected chi connectivity index (χ1v) is 5.63. The number of carbonyl (C=O) groups is 2. The lowest BCUT2D eigenvalue weighted by molar-refractivity contribution is -0.117. The van der Waals surface area contributed by atoms with Gasteiger partial charge in [-0.15, -0.1) is 0 Å². The van der Waals surface area contributed by atoms with Crippen LogP contribution in [-0.2, 0) is 4.79 Å². The number of rotatable bonds is 4. The van der Waals surface area contributed by atoms with E-state index in [0.717, 1.165) is 0 Å². The van der Waals surface area contributed by atoms with Gasteiger partial charge in [0.2, 0.25) is 5.91 Å². The van der Waals surface area contributed by atoms with Crippen LogP contribution in [0.1, 0.15) is 31.1 Å². The summed E-state index contributed by atoms with van der Waals surface area (Å²) in [4.78, 5) is 22.1. The molecule has 5 nitrogen and oxygen atoms in total. The van der Waals surface area contributed by atoms with Gasteiger partial charge in [0, 0.05) is 5.56 Å². The summed E-state index contributed by atoms with van der Waals surface area (Å²) in [5.41, 5.74) is 5.11. The smallest absolute Gasteiger partial charge is 0.251 e. The summed E-state index contributed by atoms with van der Waals surface area (Å²) >= 11 is 0. The van der Waals surface area contributed by atoms with E-state index in [-0.39, 0.29) is 18.1 Å². The minimum atomic E-state index is -0.573. The molecule has 0 spiro atoms. The molecular formula is C13H18N2O3. The molecule has 0 aliphatic rings. The lowest BCUT2D eigenvalue weighted by atomic mass is 10.1. The lowest BCUT2D eigenvalue weighted by Crippen LogP contribution is -2.33. The second-order valence-corrected chi connectivity index (χ2v) is 4.89. The predicted molar refractivity (Wildman–Crippen MR) is 68.4 cm³/mol. The third-order valence-electron chi connectivity index (χ3n) is 1.96. The van der Waals surface area contributed by atoms with Crippen LogP contribution in [0, 0.1) is 0 Å². The van der Waals surface area contributed by atoms with Crippen LogP contribution in [0.3, 0.4) is 0 Å². The monoisotopic (exact) mass is 250 g/mol. The minimum Gasteiger partial charge on any atom is -0.488 e. The van der Waals surface area contributed by atoms with Crippen LogP contribution in [0.2, 0.25) is 0 Å². The van der Waals surface area contributed by atoms with Gasteiger partial charge >= 0.3 is 0 Å². The van der Waals surface area contributed by atoms with Crippen LogP contribution < -0.4 is 15.8 Å². The standard InChI is InChI=1S/C13H18N2O3/c1-13(2,3)18-10-6-4-9(5-7-10)12(17)15-8-11(14)16/h4-7H,8H2,1-3H3,(H2,14,16)(H,15,17). The fourth-order valence-electron chi connectivity index (χ4n) is 1.30. The zero-order chi connectivity index (χ0) is 13.8. The average Bonchev–Trinajstić information content (AvgIpc) is 2.24. The highest BCUT2D eigenvalue weighted by molar-refractivity contribution is 5.96. The van der Waals surface area contributed by atoms with E-state index in [2.05, 4.69) is 5.32 Å². The zero-order valence-electron chi connectivity index (χ0n) is 10.8. The highest BCUT2D eigenvalue weighted by Crippen LogP contribution is 2.18. The fourth-order valence-corrected chi connectivity index (χ4v) is 1.30. The predicted octanol–water partition coefficient (Wildman–Crippen LogP) is 1.08. The van der Waals surface area contributed by atoms with E-state index in [1.54, 1.807) is 24.3 Å². The van der Waals surface area contributed by atoms with Gasteiger partial charge in [0.1, 0.15) is 11.4 Å². The summed E-state index contributed by atoms with van der Waals surface area (Å²) in [6.07, 6.45) is 0. The molecule has 0 fully saturated rings. The van der Waals surface area contributed by atoms with Crippen molar-refractivity contribution >= 4 is 11.8 Å². The van der Waals surface area contributed by atoms with Crippen molar-refractivity contribution in [3.63, 3.8) is 0 Å². The molecule has 3 N–H and O–H groups in total. The molecule has 0 atom stereocenters. The number of primary amides is 1. The summed E-state index contributed by atoms with van der Waals surface area (Å²) in [5, 5.41) is 2.41. The second kappa shape index (κ2) is 5.53. The molecule has 0 saturated heterocycles. The molecule has 18 heavy (non-hydrogen) atoms.